The van der Waals surface area contributed by atoms with Crippen LogP contribution < -0.4 is 14.8 Å². The van der Waals surface area contributed by atoms with Crippen LogP contribution in [0.4, 0.5) is 0 Å². The quantitative estimate of drug-likeness (QED) is 0.544. The van der Waals surface area contributed by atoms with E-state index in [4.69, 9.17) is 21.1 Å². The van der Waals surface area contributed by atoms with Crippen molar-refractivity contribution in [1.29, 1.82) is 0 Å². The maximum Gasteiger partial charge on any atom is 0.242 e. The summed E-state index contributed by atoms with van der Waals surface area (Å²) in [4.78, 5) is 26.9. The summed E-state index contributed by atoms with van der Waals surface area (Å²) in [6.45, 7) is 4.76. The number of carbonyl (C=O) groups is 2. The van der Waals surface area contributed by atoms with Crippen LogP contribution in [0.5, 0.6) is 11.5 Å². The molecular formula is C23H29ClN2O4. The van der Waals surface area contributed by atoms with Gasteiger partial charge in [0.2, 0.25) is 11.8 Å². The maximum absolute atomic E-state index is 12.9. The lowest BCUT2D eigenvalue weighted by atomic mass is 10.1. The van der Waals surface area contributed by atoms with Crippen LogP contribution >= 0.6 is 11.6 Å². The monoisotopic (exact) mass is 432 g/mol. The van der Waals surface area contributed by atoms with Gasteiger partial charge in [0.25, 0.3) is 0 Å². The first-order chi connectivity index (χ1) is 14.5. The molecule has 30 heavy (non-hydrogen) atoms. The van der Waals surface area contributed by atoms with Gasteiger partial charge in [0, 0.05) is 24.5 Å². The van der Waals surface area contributed by atoms with Crippen LogP contribution in [0.15, 0.2) is 48.5 Å². The zero-order valence-electron chi connectivity index (χ0n) is 17.7. The molecule has 1 atom stereocenters. The first-order valence-electron chi connectivity index (χ1n) is 10.0. The molecule has 0 saturated carbocycles. The lowest BCUT2D eigenvalue weighted by Crippen LogP contribution is -2.47. The Labute approximate surface area is 183 Å². The molecule has 1 unspecified atom stereocenters. The minimum absolute atomic E-state index is 0.119. The first kappa shape index (κ1) is 23.5. The van der Waals surface area contributed by atoms with Gasteiger partial charge in [-0.1, -0.05) is 29.8 Å². The van der Waals surface area contributed by atoms with Gasteiger partial charge < -0.3 is 19.7 Å². The van der Waals surface area contributed by atoms with Gasteiger partial charge in [-0.2, -0.15) is 0 Å². The van der Waals surface area contributed by atoms with E-state index in [-0.39, 0.29) is 24.8 Å². The Morgan fingerprint density at radius 2 is 1.77 bits per heavy atom. The average molecular weight is 433 g/mol. The molecule has 2 amide bonds. The summed E-state index contributed by atoms with van der Waals surface area (Å²) >= 11 is 6.27. The van der Waals surface area contributed by atoms with Crippen molar-refractivity contribution in [2.75, 3.05) is 20.3 Å². The molecule has 0 aliphatic heterocycles. The van der Waals surface area contributed by atoms with Crippen molar-refractivity contribution in [2.24, 2.45) is 0 Å². The number of hydrogen-bond donors (Lipinski definition) is 1. The third kappa shape index (κ3) is 6.95. The van der Waals surface area contributed by atoms with Gasteiger partial charge >= 0.3 is 0 Å². The van der Waals surface area contributed by atoms with E-state index in [2.05, 4.69) is 5.32 Å². The highest BCUT2D eigenvalue weighted by atomic mass is 35.5. The molecule has 2 rings (SSSR count). The molecule has 0 aliphatic rings. The van der Waals surface area contributed by atoms with Crippen LogP contribution in [0.3, 0.4) is 0 Å². The van der Waals surface area contributed by atoms with Gasteiger partial charge in [0.1, 0.15) is 17.5 Å². The Kier molecular flexibility index (Phi) is 9.48. The number of methoxy groups -OCH3 is 1. The molecule has 2 aromatic rings. The van der Waals surface area contributed by atoms with Crippen molar-refractivity contribution in [2.45, 2.75) is 39.3 Å². The third-order valence-electron chi connectivity index (χ3n) is 4.68. The van der Waals surface area contributed by atoms with Gasteiger partial charge in [-0.3, -0.25) is 9.59 Å². The molecule has 7 heteroatoms. The van der Waals surface area contributed by atoms with E-state index in [0.29, 0.717) is 30.3 Å². The largest absolute Gasteiger partial charge is 0.497 e. The van der Waals surface area contributed by atoms with Crippen molar-refractivity contribution < 1.29 is 19.1 Å². The van der Waals surface area contributed by atoms with Crippen LogP contribution in [-0.4, -0.2) is 43.0 Å². The number of halogens is 1. The summed E-state index contributed by atoms with van der Waals surface area (Å²) in [5, 5.41) is 3.35. The first-order valence-corrected chi connectivity index (χ1v) is 10.4. The summed E-state index contributed by atoms with van der Waals surface area (Å²) in [6, 6.07) is 14.0. The lowest BCUT2D eigenvalue weighted by molar-refractivity contribution is -0.140. The predicted molar refractivity (Wildman–Crippen MR) is 118 cm³/mol. The second-order valence-electron chi connectivity index (χ2n) is 6.81. The minimum atomic E-state index is -0.601. The third-order valence-corrected chi connectivity index (χ3v) is 5.05. The fourth-order valence-corrected chi connectivity index (χ4v) is 3.14. The van der Waals surface area contributed by atoms with Crippen molar-refractivity contribution >= 4 is 23.4 Å². The van der Waals surface area contributed by atoms with Crippen LogP contribution in [-0.2, 0) is 16.1 Å². The molecule has 162 valence electrons. The fourth-order valence-electron chi connectivity index (χ4n) is 2.94. The van der Waals surface area contributed by atoms with Crippen LogP contribution in [0.25, 0.3) is 0 Å². The standard InChI is InChI=1S/C23H29ClN2O4/c1-4-25-23(28)17(2)26(16-18-8-5-6-9-21(18)24)22(27)10-7-15-30-20-13-11-19(29-3)12-14-20/h5-6,8-9,11-14,17H,4,7,10,15-16H2,1-3H3,(H,25,28). The molecule has 1 N–H and O–H groups in total. The van der Waals surface area contributed by atoms with E-state index < -0.39 is 6.04 Å². The molecule has 0 aromatic heterocycles. The van der Waals surface area contributed by atoms with Gasteiger partial charge in [-0.15, -0.1) is 0 Å². The number of ether oxygens (including phenoxy) is 2. The van der Waals surface area contributed by atoms with Gasteiger partial charge in [-0.25, -0.2) is 0 Å². The highest BCUT2D eigenvalue weighted by molar-refractivity contribution is 6.31. The van der Waals surface area contributed by atoms with Crippen molar-refractivity contribution in [3.63, 3.8) is 0 Å². The van der Waals surface area contributed by atoms with Crippen molar-refractivity contribution in [3.8, 4) is 11.5 Å². The zero-order chi connectivity index (χ0) is 21.9. The van der Waals surface area contributed by atoms with E-state index in [0.717, 1.165) is 11.3 Å². The summed E-state index contributed by atoms with van der Waals surface area (Å²) in [5.41, 5.74) is 0.804. The van der Waals surface area contributed by atoms with Gasteiger partial charge in [0.15, 0.2) is 0 Å². The fraction of sp³-hybridized carbons (Fsp3) is 0.391. The molecule has 0 spiro atoms. The number of nitrogens with one attached hydrogen (secondary N) is 1. The Balaban J connectivity index is 1.97. The second-order valence-corrected chi connectivity index (χ2v) is 7.22. The number of carbonyl (C=O) groups excluding carboxylic acids is 2. The molecular weight excluding hydrogens is 404 g/mol. The van der Waals surface area contributed by atoms with Crippen LogP contribution in [0.1, 0.15) is 32.3 Å². The summed E-state index contributed by atoms with van der Waals surface area (Å²) in [6.07, 6.45) is 0.802. The summed E-state index contributed by atoms with van der Waals surface area (Å²) < 4.78 is 10.8. The SMILES string of the molecule is CCNC(=O)C(C)N(Cc1ccccc1Cl)C(=O)CCCOc1ccc(OC)cc1. The topological polar surface area (TPSA) is 67.9 Å². The molecule has 6 nitrogen and oxygen atoms in total. The van der Waals surface area contributed by atoms with Crippen molar-refractivity contribution in [3.05, 3.63) is 59.1 Å². The van der Waals surface area contributed by atoms with Crippen LogP contribution in [0, 0.1) is 0 Å². The molecule has 0 heterocycles. The smallest absolute Gasteiger partial charge is 0.242 e. The molecule has 0 saturated heterocycles. The number of amides is 2. The molecule has 0 aliphatic carbocycles. The molecule has 2 aromatic carbocycles. The Hall–Kier alpha value is -2.73. The maximum atomic E-state index is 12.9. The molecule has 0 fully saturated rings. The predicted octanol–water partition coefficient (Wildman–Crippen LogP) is 4.06. The number of nitrogens with zero attached hydrogens (tertiary/aromatic N) is 1. The van der Waals surface area contributed by atoms with E-state index in [1.54, 1.807) is 25.0 Å². The number of rotatable bonds is 11. The Morgan fingerprint density at radius 1 is 1.10 bits per heavy atom. The Morgan fingerprint density at radius 3 is 2.40 bits per heavy atom. The number of hydrogen-bond acceptors (Lipinski definition) is 4. The van der Waals surface area contributed by atoms with E-state index in [1.807, 2.05) is 49.4 Å². The van der Waals surface area contributed by atoms with E-state index in [9.17, 15) is 9.59 Å². The Bertz CT molecular complexity index is 826. The number of likely N-dealkylation sites (N-methyl/N-ethyl adjacent to an activating group) is 1. The van der Waals surface area contributed by atoms with Gasteiger partial charge in [0.05, 0.1) is 13.7 Å². The normalized spacial score (nSPS) is 11.5. The van der Waals surface area contributed by atoms with Gasteiger partial charge in [-0.05, 0) is 56.2 Å². The minimum Gasteiger partial charge on any atom is -0.497 e. The van der Waals surface area contributed by atoms with E-state index in [1.165, 1.54) is 0 Å². The highest BCUT2D eigenvalue weighted by Crippen LogP contribution is 2.20. The zero-order valence-corrected chi connectivity index (χ0v) is 18.4. The highest BCUT2D eigenvalue weighted by Gasteiger charge is 2.26. The second kappa shape index (κ2) is 12.1. The number of benzene rings is 2. The van der Waals surface area contributed by atoms with E-state index >= 15 is 0 Å². The van der Waals surface area contributed by atoms with Crippen molar-refractivity contribution in [1.82, 2.24) is 10.2 Å². The average Bonchev–Trinajstić information content (AvgIpc) is 2.76. The lowest BCUT2D eigenvalue weighted by Gasteiger charge is -2.29. The van der Waals surface area contributed by atoms with Crippen LogP contribution in [0.2, 0.25) is 5.02 Å². The molecule has 0 radical (unpaired) electrons. The molecule has 0 bridgehead atoms. The summed E-state index contributed by atoms with van der Waals surface area (Å²) in [5.74, 6) is 1.17. The summed E-state index contributed by atoms with van der Waals surface area (Å²) in [7, 11) is 1.61.